The first-order chi connectivity index (χ1) is 11.7. The molecule has 0 radical (unpaired) electrons. The third-order valence-corrected chi connectivity index (χ3v) is 4.57. The number of thiophene rings is 1. The van der Waals surface area contributed by atoms with Gasteiger partial charge in [0.05, 0.1) is 3.79 Å². The van der Waals surface area contributed by atoms with Crippen molar-refractivity contribution in [3.8, 4) is 11.5 Å². The van der Waals surface area contributed by atoms with Crippen molar-refractivity contribution in [3.63, 3.8) is 0 Å². The van der Waals surface area contributed by atoms with E-state index in [1.54, 1.807) is 48.0 Å². The van der Waals surface area contributed by atoms with Crippen LogP contribution < -0.4 is 10.1 Å². The van der Waals surface area contributed by atoms with E-state index in [2.05, 4.69) is 26.2 Å². The summed E-state index contributed by atoms with van der Waals surface area (Å²) in [6.07, 6.45) is 6.61. The molecule has 1 N–H and O–H groups in total. The number of nitrogens with one attached hydrogen (secondary N) is 1. The molecule has 0 fully saturated rings. The number of ether oxygens (including phenoxy) is 1. The predicted molar refractivity (Wildman–Crippen MR) is 100 cm³/mol. The minimum absolute atomic E-state index is 0.194. The van der Waals surface area contributed by atoms with Crippen molar-refractivity contribution in [2.24, 2.45) is 0 Å². The Morgan fingerprint density at radius 1 is 1.12 bits per heavy atom. The lowest BCUT2D eigenvalue weighted by molar-refractivity contribution is -0.111. The normalized spacial score (nSPS) is 10.7. The fourth-order valence-corrected chi connectivity index (χ4v) is 3.27. The maximum Gasteiger partial charge on any atom is 0.248 e. The van der Waals surface area contributed by atoms with Crippen molar-refractivity contribution < 1.29 is 9.53 Å². The number of halogens is 1. The van der Waals surface area contributed by atoms with Crippen LogP contribution in [-0.4, -0.2) is 10.9 Å². The number of rotatable bonds is 5. The zero-order valence-electron chi connectivity index (χ0n) is 12.5. The maximum absolute atomic E-state index is 12.0. The monoisotopic (exact) mass is 400 g/mol. The van der Waals surface area contributed by atoms with E-state index in [-0.39, 0.29) is 5.91 Å². The van der Waals surface area contributed by atoms with Gasteiger partial charge in [-0.05, 0) is 58.4 Å². The summed E-state index contributed by atoms with van der Waals surface area (Å²) in [5, 5.41) is 2.82. The fourth-order valence-electron chi connectivity index (χ4n) is 1.94. The second kappa shape index (κ2) is 7.90. The lowest BCUT2D eigenvalue weighted by Gasteiger charge is -2.07. The smallest absolute Gasteiger partial charge is 0.248 e. The van der Waals surface area contributed by atoms with Crippen LogP contribution in [0.5, 0.6) is 11.5 Å². The van der Waals surface area contributed by atoms with Gasteiger partial charge >= 0.3 is 0 Å². The maximum atomic E-state index is 12.0. The summed E-state index contributed by atoms with van der Waals surface area (Å²) in [6, 6.07) is 14.7. The summed E-state index contributed by atoms with van der Waals surface area (Å²) < 4.78 is 6.75. The molecular weight excluding hydrogens is 388 g/mol. The molecule has 0 atom stereocenters. The van der Waals surface area contributed by atoms with Gasteiger partial charge in [0.15, 0.2) is 0 Å². The van der Waals surface area contributed by atoms with Crippen LogP contribution in [0.3, 0.4) is 0 Å². The predicted octanol–water partition coefficient (Wildman–Crippen LogP) is 5.35. The zero-order valence-corrected chi connectivity index (χ0v) is 14.9. The average molecular weight is 401 g/mol. The molecule has 0 aliphatic heterocycles. The van der Waals surface area contributed by atoms with Gasteiger partial charge in [0.25, 0.3) is 0 Å². The van der Waals surface area contributed by atoms with Gasteiger partial charge in [-0.25, -0.2) is 0 Å². The highest BCUT2D eigenvalue weighted by molar-refractivity contribution is 9.11. The largest absolute Gasteiger partial charge is 0.457 e. The van der Waals surface area contributed by atoms with Crippen LogP contribution in [0.1, 0.15) is 4.88 Å². The number of anilines is 1. The molecule has 0 aliphatic carbocycles. The molecule has 1 amide bonds. The number of nitrogens with zero attached hydrogens (tertiary/aromatic N) is 1. The summed E-state index contributed by atoms with van der Waals surface area (Å²) in [4.78, 5) is 17.0. The van der Waals surface area contributed by atoms with Crippen LogP contribution in [0.25, 0.3) is 6.08 Å². The molecule has 0 saturated heterocycles. The van der Waals surface area contributed by atoms with Crippen LogP contribution in [0.2, 0.25) is 0 Å². The highest BCUT2D eigenvalue weighted by atomic mass is 79.9. The molecule has 1 aromatic carbocycles. The summed E-state index contributed by atoms with van der Waals surface area (Å²) in [7, 11) is 0. The highest BCUT2D eigenvalue weighted by Gasteiger charge is 2.02. The van der Waals surface area contributed by atoms with Crippen molar-refractivity contribution >= 4 is 44.9 Å². The molecular formula is C18H13BrN2O2S. The topological polar surface area (TPSA) is 51.2 Å². The van der Waals surface area contributed by atoms with Crippen LogP contribution in [0, 0.1) is 0 Å². The summed E-state index contributed by atoms with van der Waals surface area (Å²) in [5.74, 6) is 1.14. The van der Waals surface area contributed by atoms with E-state index in [0.29, 0.717) is 17.2 Å². The first-order valence-electron chi connectivity index (χ1n) is 7.11. The third-order valence-electron chi connectivity index (χ3n) is 2.98. The van der Waals surface area contributed by atoms with Gasteiger partial charge in [-0.3, -0.25) is 9.78 Å². The Hall–Kier alpha value is -2.44. The van der Waals surface area contributed by atoms with Gasteiger partial charge in [0.2, 0.25) is 5.91 Å². The zero-order chi connectivity index (χ0) is 16.8. The summed E-state index contributed by atoms with van der Waals surface area (Å²) in [5.41, 5.74) is 0.670. The van der Waals surface area contributed by atoms with E-state index in [0.717, 1.165) is 8.66 Å². The number of carbonyl (C=O) groups excluding carboxylic acids is 1. The van der Waals surface area contributed by atoms with Crippen molar-refractivity contribution in [1.29, 1.82) is 0 Å². The Balaban J connectivity index is 1.63. The first kappa shape index (κ1) is 16.4. The van der Waals surface area contributed by atoms with Crippen molar-refractivity contribution in [1.82, 2.24) is 4.98 Å². The number of amides is 1. The van der Waals surface area contributed by atoms with Gasteiger partial charge in [0.1, 0.15) is 11.5 Å². The number of aromatic nitrogens is 1. The second-order valence-corrected chi connectivity index (χ2v) is 7.27. The molecule has 120 valence electrons. The molecule has 3 rings (SSSR count). The van der Waals surface area contributed by atoms with E-state index in [1.165, 1.54) is 6.08 Å². The Kier molecular flexibility index (Phi) is 5.40. The molecule has 2 heterocycles. The molecule has 0 aliphatic rings. The molecule has 2 aromatic heterocycles. The number of benzene rings is 1. The SMILES string of the molecule is O=C(C=Cc1ccc(Br)s1)Nc1cccc(Oc2ccncc2)c1. The van der Waals surface area contributed by atoms with Crippen molar-refractivity contribution in [2.45, 2.75) is 0 Å². The molecule has 6 heteroatoms. The molecule has 0 spiro atoms. The lowest BCUT2D eigenvalue weighted by Crippen LogP contribution is -2.07. The van der Waals surface area contributed by atoms with E-state index in [1.807, 2.05) is 30.3 Å². The van der Waals surface area contributed by atoms with Crippen LogP contribution in [0.15, 0.2) is 70.8 Å². The molecule has 0 bridgehead atoms. The summed E-state index contributed by atoms with van der Waals surface area (Å²) in [6.45, 7) is 0. The van der Waals surface area contributed by atoms with Gasteiger partial charge in [-0.1, -0.05) is 6.07 Å². The van der Waals surface area contributed by atoms with E-state index < -0.39 is 0 Å². The van der Waals surface area contributed by atoms with E-state index in [9.17, 15) is 4.79 Å². The standard InChI is InChI=1S/C18H13BrN2O2S/c19-17-6-4-16(24-17)5-7-18(22)21-13-2-1-3-15(12-13)23-14-8-10-20-11-9-14/h1-12H,(H,21,22). The number of pyridine rings is 1. The Bertz CT molecular complexity index is 862. The molecule has 3 aromatic rings. The minimum Gasteiger partial charge on any atom is -0.457 e. The Morgan fingerprint density at radius 2 is 1.96 bits per heavy atom. The van der Waals surface area contributed by atoms with Gasteiger partial charge in [-0.15, -0.1) is 11.3 Å². The van der Waals surface area contributed by atoms with Gasteiger partial charge in [0, 0.05) is 35.1 Å². The fraction of sp³-hybridized carbons (Fsp3) is 0. The van der Waals surface area contributed by atoms with Gasteiger partial charge < -0.3 is 10.1 Å². The first-order valence-corrected chi connectivity index (χ1v) is 8.72. The molecule has 0 saturated carbocycles. The van der Waals surface area contributed by atoms with E-state index in [4.69, 9.17) is 4.74 Å². The van der Waals surface area contributed by atoms with Crippen molar-refractivity contribution in [3.05, 3.63) is 75.7 Å². The molecule has 0 unspecified atom stereocenters. The third kappa shape index (κ3) is 4.78. The van der Waals surface area contributed by atoms with E-state index >= 15 is 0 Å². The number of hydrogen-bond donors (Lipinski definition) is 1. The number of carbonyl (C=O) groups is 1. The minimum atomic E-state index is -0.194. The Labute approximate surface area is 152 Å². The van der Waals surface area contributed by atoms with Crippen LogP contribution >= 0.6 is 27.3 Å². The average Bonchev–Trinajstić information content (AvgIpc) is 3.00. The lowest BCUT2D eigenvalue weighted by atomic mass is 10.3. The molecule has 4 nitrogen and oxygen atoms in total. The molecule has 24 heavy (non-hydrogen) atoms. The van der Waals surface area contributed by atoms with Crippen LogP contribution in [0.4, 0.5) is 5.69 Å². The van der Waals surface area contributed by atoms with Crippen molar-refractivity contribution in [2.75, 3.05) is 5.32 Å². The number of hydrogen-bond acceptors (Lipinski definition) is 4. The van der Waals surface area contributed by atoms with Gasteiger partial charge in [-0.2, -0.15) is 0 Å². The highest BCUT2D eigenvalue weighted by Crippen LogP contribution is 2.24. The Morgan fingerprint density at radius 3 is 2.71 bits per heavy atom. The quantitative estimate of drug-likeness (QED) is 0.587. The van der Waals surface area contributed by atoms with Crippen LogP contribution in [-0.2, 0) is 4.79 Å². The second-order valence-electron chi connectivity index (χ2n) is 4.78. The summed E-state index contributed by atoms with van der Waals surface area (Å²) >= 11 is 4.96.